The Kier molecular flexibility index (Phi) is 124. The van der Waals surface area contributed by atoms with Crippen LogP contribution in [0.3, 0.4) is 0 Å². The highest BCUT2D eigenvalue weighted by Crippen LogP contribution is 2.20. The number of amides is 2. The van der Waals surface area contributed by atoms with Crippen molar-refractivity contribution in [2.45, 2.75) is 586 Å². The molecule has 6 atom stereocenters. The van der Waals surface area contributed by atoms with Crippen molar-refractivity contribution in [3.05, 3.63) is 12.2 Å². The molecule has 0 saturated heterocycles. The van der Waals surface area contributed by atoms with Crippen molar-refractivity contribution in [1.82, 2.24) is 10.6 Å². The SMILES string of the molecule is CC(C)C(=O)C(CCCCN)NC(=O)C(N)CCCN.CC(C)C(=O)C(CCCN=C(N)N)NC(=O)C(N)CCCCN.CC(C)C(=O)C(N)CCCCN.CC(C)C(=O)C(N)CCCCN.CCCCCCCC/C=C/CCCCCCCCCC(=O)C(C)C.CCCCCCCCCC(=O)C(C)C.CCCCCCCCCCCC(=O)C(C)C.CCCCCCCCCCCCCCCC(=O)C(C)C. The molecular formula is C117H240N14O10. The van der Waals surface area contributed by atoms with E-state index in [1.54, 1.807) is 13.8 Å². The van der Waals surface area contributed by atoms with Crippen molar-refractivity contribution < 1.29 is 47.9 Å². The van der Waals surface area contributed by atoms with E-state index in [4.69, 9.17) is 63.1 Å². The number of nitrogens with zero attached hydrogens (tertiary/aromatic N) is 1. The number of unbranched alkanes of at least 4 members (excludes halogenated alkanes) is 43. The summed E-state index contributed by atoms with van der Waals surface area (Å²) in [6.45, 7) is 43.3. The molecule has 0 aromatic carbocycles. The van der Waals surface area contributed by atoms with Gasteiger partial charge in [0.2, 0.25) is 11.8 Å². The van der Waals surface area contributed by atoms with Crippen LogP contribution in [0.25, 0.3) is 0 Å². The molecule has 0 aliphatic carbocycles. The van der Waals surface area contributed by atoms with Gasteiger partial charge in [0.1, 0.15) is 23.1 Å². The van der Waals surface area contributed by atoms with E-state index in [0.717, 1.165) is 116 Å². The maximum Gasteiger partial charge on any atom is 0.237 e. The van der Waals surface area contributed by atoms with E-state index in [1.807, 2.05) is 96.9 Å². The summed E-state index contributed by atoms with van der Waals surface area (Å²) in [6, 6.07) is -2.81. The van der Waals surface area contributed by atoms with Gasteiger partial charge in [0.25, 0.3) is 0 Å². The lowest BCUT2D eigenvalue weighted by Gasteiger charge is -2.21. The second kappa shape index (κ2) is 115. The van der Waals surface area contributed by atoms with Gasteiger partial charge in [0.15, 0.2) is 29.1 Å². The minimum atomic E-state index is -0.623. The van der Waals surface area contributed by atoms with Crippen molar-refractivity contribution in [3.63, 3.8) is 0 Å². The Labute approximate surface area is 870 Å². The third kappa shape index (κ3) is 115. The third-order valence-electron chi connectivity index (χ3n) is 25.4. The molecule has 141 heavy (non-hydrogen) atoms. The standard InChI is InChI=1S/C23H44O.C19H38O.C15H32N6O2.C15H30O.C14H30N4O2.C13H26O.2C9H20N2O/c1-4-5-6-7-8-9-10-11-12-13-14-15-16-17-18-19-20-21-23(24)22(2)3;1-4-5-6-7-8-9-10-11-12-13-14-15-16-17-19(20)18(2)3;1-10(2)13(22)12(7-5-9-20-15(18)19)21-14(23)11(17)6-3-4-8-16;1-4-5-6-7-8-9-10-11-12-13-15(16)14(2)3;1-10(2)13(19)12(7-3-4-8-15)18-14(20)11(17)6-5-9-16;1-4-5-6-7-8-9-10-11-13(14)12(2)3;2*1-7(2)9(12)8(11)5-3-4-6-10/h11-12,22H,4-10,13-21H2,1-3H3;18H,4-17H2,1-3H3;10-12H,3-9,16-17H2,1-2H3,(H,21,23)(H4,18,19,20);14H,4-13H2,1-3H3;10-12H,3-9,15-17H2,1-2H3,(H,18,20);12H,4-11H2,1-3H3;2*7-8H,3-6,10-11H2,1-2H3/b12-11+;;;;;;;. The van der Waals surface area contributed by atoms with E-state index in [0.29, 0.717) is 101 Å². The quantitative estimate of drug-likeness (QED) is 0.0116. The number of carbonyl (C=O) groups is 10. The van der Waals surface area contributed by atoms with Gasteiger partial charge < -0.3 is 73.7 Å². The van der Waals surface area contributed by atoms with Gasteiger partial charge in [0, 0.05) is 79.6 Å². The number of hydrogen-bond acceptors (Lipinski definition) is 20. The molecule has 24 nitrogen and oxygen atoms in total. The fourth-order valence-corrected chi connectivity index (χ4v) is 15.3. The first-order chi connectivity index (χ1) is 67.1. The minimum absolute atomic E-state index is 0.0164. The van der Waals surface area contributed by atoms with Gasteiger partial charge in [-0.1, -0.05) is 401 Å². The van der Waals surface area contributed by atoms with E-state index in [-0.39, 0.29) is 100 Å². The second-order valence-electron chi connectivity index (χ2n) is 42.3. The molecule has 0 radical (unpaired) electrons. The van der Waals surface area contributed by atoms with E-state index in [2.05, 4.69) is 55.5 Å². The first-order valence-corrected chi connectivity index (χ1v) is 58.2. The zero-order valence-electron chi connectivity index (χ0n) is 96.1. The smallest absolute Gasteiger partial charge is 0.237 e. The lowest BCUT2D eigenvalue weighted by molar-refractivity contribution is -0.130. The molecule has 2 amide bonds. The summed E-state index contributed by atoms with van der Waals surface area (Å²) >= 11 is 0. The first-order valence-electron chi connectivity index (χ1n) is 58.2. The number of nitrogens with one attached hydrogen (secondary N) is 2. The predicted octanol–water partition coefficient (Wildman–Crippen LogP) is 24.6. The molecule has 6 unspecified atom stereocenters. The van der Waals surface area contributed by atoms with Crippen LogP contribution in [0.15, 0.2) is 17.1 Å². The maximum absolute atomic E-state index is 12.2. The molecule has 0 aromatic rings. The minimum Gasteiger partial charge on any atom is -0.370 e. The van der Waals surface area contributed by atoms with Gasteiger partial charge in [-0.15, -0.1) is 0 Å². The summed E-state index contributed by atoms with van der Waals surface area (Å²) in [5, 5.41) is 5.53. The monoisotopic (exact) mass is 2000 g/mol. The van der Waals surface area contributed by atoms with Gasteiger partial charge in [-0.3, -0.25) is 52.9 Å². The number of aliphatic imine (C=N–C) groups is 1. The topological polar surface area (TPSA) is 493 Å². The summed E-state index contributed by atoms with van der Waals surface area (Å²) in [5.74, 6) is 2.26. The number of guanidine groups is 1. The van der Waals surface area contributed by atoms with E-state index in [1.165, 1.54) is 257 Å². The number of ketones is 8. The average Bonchev–Trinajstić information content (AvgIpc) is 0.892. The highest BCUT2D eigenvalue weighted by atomic mass is 16.2. The van der Waals surface area contributed by atoms with E-state index in [9.17, 15) is 47.9 Å². The number of carbonyl (C=O) groups excluding carboxylic acids is 10. The zero-order chi connectivity index (χ0) is 108. The lowest BCUT2D eigenvalue weighted by atomic mass is 9.96. The number of hydrogen-bond donors (Lipinski definition) is 13. The number of nitrogens with two attached hydrogens (primary N) is 11. The van der Waals surface area contributed by atoms with Gasteiger partial charge in [-0.05, 0) is 168 Å². The van der Waals surface area contributed by atoms with E-state index < -0.39 is 24.2 Å². The Balaban J connectivity index is -0.000000242. The highest BCUT2D eigenvalue weighted by Gasteiger charge is 2.27. The fourth-order valence-electron chi connectivity index (χ4n) is 15.3. The Morgan fingerprint density at radius 1 is 0.227 bits per heavy atom. The number of allylic oxidation sites excluding steroid dienone is 2. The van der Waals surface area contributed by atoms with E-state index >= 15 is 0 Å². The molecule has 0 rings (SSSR count). The average molecular weight is 2000 g/mol. The molecule has 0 spiro atoms. The molecule has 0 bridgehead atoms. The van der Waals surface area contributed by atoms with Gasteiger partial charge in [-0.25, -0.2) is 0 Å². The fraction of sp³-hybridized carbons (Fsp3) is 0.889. The van der Waals surface area contributed by atoms with Crippen LogP contribution in [0, 0.1) is 47.3 Å². The zero-order valence-corrected chi connectivity index (χ0v) is 96.1. The van der Waals surface area contributed by atoms with Crippen LogP contribution < -0.4 is 73.7 Å². The summed E-state index contributed by atoms with van der Waals surface area (Å²) in [7, 11) is 0. The first kappa shape index (κ1) is 151. The van der Waals surface area contributed by atoms with Gasteiger partial charge in [-0.2, -0.15) is 0 Å². The van der Waals surface area contributed by atoms with Gasteiger partial charge in [0.05, 0.1) is 36.3 Å². The molecule has 24 N–H and O–H groups in total. The normalized spacial score (nSPS) is 12.4. The molecule has 0 aliphatic heterocycles. The Hall–Kier alpha value is -5.05. The van der Waals surface area contributed by atoms with Crippen LogP contribution >= 0.6 is 0 Å². The maximum atomic E-state index is 12.2. The Morgan fingerprint density at radius 2 is 0.426 bits per heavy atom. The lowest BCUT2D eigenvalue weighted by Crippen LogP contribution is -2.49. The molecule has 0 aromatic heterocycles. The summed E-state index contributed by atoms with van der Waals surface area (Å²) in [6.07, 6.45) is 78.9. The van der Waals surface area contributed by atoms with Crippen LogP contribution in [-0.2, 0) is 47.9 Å². The number of Topliss-reactive ketones (excluding diaryl/α,β-unsaturated/α-hetero) is 8. The largest absolute Gasteiger partial charge is 0.370 e. The number of rotatable bonds is 88. The van der Waals surface area contributed by atoms with Crippen molar-refractivity contribution in [2.75, 3.05) is 39.3 Å². The van der Waals surface area contributed by atoms with Crippen molar-refractivity contribution in [1.29, 1.82) is 0 Å². The molecule has 0 saturated carbocycles. The van der Waals surface area contributed by atoms with Crippen LogP contribution in [-0.4, -0.2) is 140 Å². The van der Waals surface area contributed by atoms with Crippen LogP contribution in [0.4, 0.5) is 0 Å². The highest BCUT2D eigenvalue weighted by molar-refractivity contribution is 5.93. The second-order valence-corrected chi connectivity index (χ2v) is 42.3. The summed E-state index contributed by atoms with van der Waals surface area (Å²) < 4.78 is 0. The Bertz CT molecular complexity index is 2840. The molecule has 0 heterocycles. The third-order valence-corrected chi connectivity index (χ3v) is 25.4. The predicted molar refractivity (Wildman–Crippen MR) is 608 cm³/mol. The molecule has 0 fully saturated rings. The van der Waals surface area contributed by atoms with Crippen LogP contribution in [0.1, 0.15) is 549 Å². The van der Waals surface area contributed by atoms with Crippen LogP contribution in [0.2, 0.25) is 0 Å². The summed E-state index contributed by atoms with van der Waals surface area (Å²) in [5.41, 5.74) is 60.4. The molecule has 838 valence electrons. The van der Waals surface area contributed by atoms with Crippen molar-refractivity contribution in [2.24, 2.45) is 115 Å². The van der Waals surface area contributed by atoms with Gasteiger partial charge >= 0.3 is 0 Å². The molecule has 0 aliphatic rings. The summed E-state index contributed by atoms with van der Waals surface area (Å²) in [4.78, 5) is 120. The molecular weight excluding hydrogens is 1760 g/mol. The Morgan fingerprint density at radius 3 is 0.638 bits per heavy atom. The molecule has 24 heteroatoms. The van der Waals surface area contributed by atoms with Crippen molar-refractivity contribution in [3.8, 4) is 0 Å². The van der Waals surface area contributed by atoms with Crippen molar-refractivity contribution >= 4 is 64.0 Å². The van der Waals surface area contributed by atoms with Crippen LogP contribution in [0.5, 0.6) is 0 Å².